The molecule has 0 aliphatic heterocycles. The summed E-state index contributed by atoms with van der Waals surface area (Å²) < 4.78 is 12.6. The second-order valence-corrected chi connectivity index (χ2v) is 2.80. The first-order valence-electron chi connectivity index (χ1n) is 4.07. The van der Waals surface area contributed by atoms with Gasteiger partial charge in [0, 0.05) is 12.1 Å². The van der Waals surface area contributed by atoms with Gasteiger partial charge in [0.05, 0.1) is 0 Å². The summed E-state index contributed by atoms with van der Waals surface area (Å²) in [6, 6.07) is 1.46. The molecule has 0 saturated carbocycles. The third kappa shape index (κ3) is 3.19. The lowest BCUT2D eigenvalue weighted by atomic mass is 10.2. The third-order valence-electron chi connectivity index (χ3n) is 1.55. The first-order valence-corrected chi connectivity index (χ1v) is 4.07. The van der Waals surface area contributed by atoms with Crippen LogP contribution >= 0.6 is 0 Å². The maximum absolute atomic E-state index is 12.6. The number of hydrogen-bond donors (Lipinski definition) is 1. The molecule has 70 valence electrons. The number of anilines is 1. The van der Waals surface area contributed by atoms with E-state index in [-0.39, 0.29) is 6.04 Å². The Morgan fingerprint density at radius 2 is 2.46 bits per heavy atom. The maximum Gasteiger partial charge on any atom is 0.217 e. The highest BCUT2D eigenvalue weighted by Gasteiger charge is 2.01. The second-order valence-electron chi connectivity index (χ2n) is 2.80. The van der Waals surface area contributed by atoms with Crippen LogP contribution in [0.2, 0.25) is 0 Å². The van der Waals surface area contributed by atoms with E-state index < -0.39 is 5.95 Å². The van der Waals surface area contributed by atoms with Gasteiger partial charge in [-0.05, 0) is 13.3 Å². The molecule has 4 heteroatoms. The number of nitrogens with zero attached hydrogens (tertiary/aromatic N) is 2. The molecule has 1 rings (SSSR count). The molecule has 1 unspecified atom stereocenters. The molecule has 1 heterocycles. The molecule has 1 aromatic rings. The smallest absolute Gasteiger partial charge is 0.217 e. The van der Waals surface area contributed by atoms with Crippen LogP contribution in [0.4, 0.5) is 10.2 Å². The van der Waals surface area contributed by atoms with Crippen LogP contribution in [0, 0.1) is 5.95 Å². The summed E-state index contributed by atoms with van der Waals surface area (Å²) in [5.41, 5.74) is 0. The first-order chi connectivity index (χ1) is 6.22. The van der Waals surface area contributed by atoms with E-state index in [1.807, 2.05) is 6.92 Å². The van der Waals surface area contributed by atoms with Crippen molar-refractivity contribution in [3.8, 4) is 0 Å². The molecule has 0 aliphatic rings. The molecule has 0 fully saturated rings. The van der Waals surface area contributed by atoms with Gasteiger partial charge in [0.2, 0.25) is 5.95 Å². The molecule has 0 aromatic carbocycles. The lowest BCUT2D eigenvalue weighted by Gasteiger charge is -2.11. The minimum atomic E-state index is -0.525. The van der Waals surface area contributed by atoms with E-state index in [4.69, 9.17) is 0 Å². The van der Waals surface area contributed by atoms with Crippen molar-refractivity contribution in [2.75, 3.05) is 5.32 Å². The number of halogens is 1. The van der Waals surface area contributed by atoms with Crippen LogP contribution in [0.25, 0.3) is 0 Å². The summed E-state index contributed by atoms with van der Waals surface area (Å²) in [6.45, 7) is 5.59. The summed E-state index contributed by atoms with van der Waals surface area (Å²) in [6.07, 6.45) is 3.80. The molecule has 1 atom stereocenters. The Labute approximate surface area is 76.7 Å². The van der Waals surface area contributed by atoms with Gasteiger partial charge in [-0.25, -0.2) is 9.97 Å². The van der Waals surface area contributed by atoms with Crippen LogP contribution in [0.1, 0.15) is 13.3 Å². The fourth-order valence-corrected chi connectivity index (χ4v) is 0.974. The van der Waals surface area contributed by atoms with Gasteiger partial charge >= 0.3 is 0 Å². The fourth-order valence-electron chi connectivity index (χ4n) is 0.974. The van der Waals surface area contributed by atoms with E-state index in [9.17, 15) is 4.39 Å². The molecule has 0 spiro atoms. The molecule has 0 bridgehead atoms. The topological polar surface area (TPSA) is 37.8 Å². The highest BCUT2D eigenvalue weighted by Crippen LogP contribution is 2.05. The zero-order valence-electron chi connectivity index (χ0n) is 7.50. The van der Waals surface area contributed by atoms with Crippen LogP contribution in [-0.4, -0.2) is 16.0 Å². The number of rotatable bonds is 4. The number of aromatic nitrogens is 2. The summed E-state index contributed by atoms with van der Waals surface area (Å²) in [4.78, 5) is 7.22. The SMILES string of the molecule is C=CCC(C)Nc1cc(F)ncn1. The van der Waals surface area contributed by atoms with Gasteiger partial charge in [-0.1, -0.05) is 6.08 Å². The van der Waals surface area contributed by atoms with Crippen molar-refractivity contribution in [2.45, 2.75) is 19.4 Å². The standard InChI is InChI=1S/C9H12FN3/c1-3-4-7(2)13-9-5-8(10)11-6-12-9/h3,5-7H,1,4H2,2H3,(H,11,12,13). The average Bonchev–Trinajstić information content (AvgIpc) is 2.04. The first kappa shape index (κ1) is 9.64. The largest absolute Gasteiger partial charge is 0.367 e. The van der Waals surface area contributed by atoms with E-state index >= 15 is 0 Å². The summed E-state index contributed by atoms with van der Waals surface area (Å²) >= 11 is 0. The highest BCUT2D eigenvalue weighted by molar-refractivity contribution is 5.33. The van der Waals surface area contributed by atoms with Crippen LogP contribution in [0.15, 0.2) is 25.0 Å². The summed E-state index contributed by atoms with van der Waals surface area (Å²) in [5, 5.41) is 3.02. The zero-order valence-corrected chi connectivity index (χ0v) is 7.50. The minimum absolute atomic E-state index is 0.201. The van der Waals surface area contributed by atoms with Gasteiger partial charge < -0.3 is 5.32 Å². The average molecular weight is 181 g/mol. The van der Waals surface area contributed by atoms with Crippen molar-refractivity contribution in [1.82, 2.24) is 9.97 Å². The van der Waals surface area contributed by atoms with Crippen molar-refractivity contribution in [3.63, 3.8) is 0 Å². The van der Waals surface area contributed by atoms with E-state index in [1.54, 1.807) is 6.08 Å². The van der Waals surface area contributed by atoms with Crippen LogP contribution in [0.5, 0.6) is 0 Å². The lowest BCUT2D eigenvalue weighted by Crippen LogP contribution is -2.15. The zero-order chi connectivity index (χ0) is 9.68. The van der Waals surface area contributed by atoms with Gasteiger partial charge in [-0.3, -0.25) is 0 Å². The molecule has 0 radical (unpaired) electrons. The Bertz CT molecular complexity index is 288. The van der Waals surface area contributed by atoms with Crippen molar-refractivity contribution < 1.29 is 4.39 Å². The highest BCUT2D eigenvalue weighted by atomic mass is 19.1. The van der Waals surface area contributed by atoms with Crippen molar-refractivity contribution in [1.29, 1.82) is 0 Å². The van der Waals surface area contributed by atoms with Crippen molar-refractivity contribution >= 4 is 5.82 Å². The molecular formula is C9H12FN3. The van der Waals surface area contributed by atoms with E-state index in [0.29, 0.717) is 5.82 Å². The summed E-state index contributed by atoms with van der Waals surface area (Å²) in [7, 11) is 0. The minimum Gasteiger partial charge on any atom is -0.367 e. The van der Waals surface area contributed by atoms with Gasteiger partial charge in [0.15, 0.2) is 0 Å². The van der Waals surface area contributed by atoms with Crippen molar-refractivity contribution in [3.05, 3.63) is 31.0 Å². The second kappa shape index (κ2) is 4.54. The quantitative estimate of drug-likeness (QED) is 0.570. The monoisotopic (exact) mass is 181 g/mol. The third-order valence-corrected chi connectivity index (χ3v) is 1.55. The lowest BCUT2D eigenvalue weighted by molar-refractivity contribution is 0.579. The predicted molar refractivity (Wildman–Crippen MR) is 49.9 cm³/mol. The van der Waals surface area contributed by atoms with Crippen LogP contribution in [0.3, 0.4) is 0 Å². The maximum atomic E-state index is 12.6. The molecule has 1 aromatic heterocycles. The Morgan fingerprint density at radius 3 is 3.08 bits per heavy atom. The van der Waals surface area contributed by atoms with E-state index in [0.717, 1.165) is 6.42 Å². The predicted octanol–water partition coefficient (Wildman–Crippen LogP) is 1.99. The molecule has 0 aliphatic carbocycles. The molecular weight excluding hydrogens is 169 g/mol. The van der Waals surface area contributed by atoms with Gasteiger partial charge in [0.1, 0.15) is 12.1 Å². The molecule has 0 amide bonds. The van der Waals surface area contributed by atoms with Gasteiger partial charge in [-0.2, -0.15) is 4.39 Å². The molecule has 0 saturated heterocycles. The molecule has 1 N–H and O–H groups in total. The van der Waals surface area contributed by atoms with Crippen LogP contribution in [-0.2, 0) is 0 Å². The number of hydrogen-bond acceptors (Lipinski definition) is 3. The van der Waals surface area contributed by atoms with Gasteiger partial charge in [0.25, 0.3) is 0 Å². The van der Waals surface area contributed by atoms with E-state index in [1.165, 1.54) is 12.4 Å². The molecule has 3 nitrogen and oxygen atoms in total. The Hall–Kier alpha value is -1.45. The summed E-state index contributed by atoms with van der Waals surface area (Å²) in [5.74, 6) is -0.0230. The van der Waals surface area contributed by atoms with Gasteiger partial charge in [-0.15, -0.1) is 6.58 Å². The fraction of sp³-hybridized carbons (Fsp3) is 0.333. The van der Waals surface area contributed by atoms with Crippen LogP contribution < -0.4 is 5.32 Å². The Morgan fingerprint density at radius 1 is 1.69 bits per heavy atom. The normalized spacial score (nSPS) is 12.2. The number of nitrogens with one attached hydrogen (secondary N) is 1. The Balaban J connectivity index is 2.58. The van der Waals surface area contributed by atoms with Crippen molar-refractivity contribution in [2.24, 2.45) is 0 Å². The van der Waals surface area contributed by atoms with E-state index in [2.05, 4.69) is 21.9 Å². The Kier molecular flexibility index (Phi) is 3.37. The molecule has 13 heavy (non-hydrogen) atoms.